The third-order valence-corrected chi connectivity index (χ3v) is 5.80. The first-order valence-corrected chi connectivity index (χ1v) is 9.93. The van der Waals surface area contributed by atoms with Gasteiger partial charge in [-0.3, -0.25) is 14.4 Å². The van der Waals surface area contributed by atoms with Crippen LogP contribution in [0.2, 0.25) is 0 Å². The van der Waals surface area contributed by atoms with Gasteiger partial charge in [0.05, 0.1) is 0 Å². The van der Waals surface area contributed by atoms with Crippen LogP contribution in [0.3, 0.4) is 0 Å². The van der Waals surface area contributed by atoms with Crippen LogP contribution in [0.5, 0.6) is 0 Å². The maximum Gasteiger partial charge on any atom is 0.314 e. The molecule has 1 saturated heterocycles. The monoisotopic (exact) mass is 384 g/mol. The van der Waals surface area contributed by atoms with Gasteiger partial charge in [0.2, 0.25) is 0 Å². The molecule has 2 aliphatic rings. The Hall–Kier alpha value is -2.63. The minimum absolute atomic E-state index is 0.0560. The van der Waals surface area contributed by atoms with Crippen LogP contribution in [0, 0.1) is 17.8 Å². The molecule has 28 heavy (non-hydrogen) atoms. The Kier molecular flexibility index (Phi) is 6.17. The highest BCUT2D eigenvalue weighted by atomic mass is 16.6. The summed E-state index contributed by atoms with van der Waals surface area (Å²) in [6.07, 6.45) is 3.46. The predicted molar refractivity (Wildman–Crippen MR) is 105 cm³/mol. The van der Waals surface area contributed by atoms with Crippen molar-refractivity contribution < 1.29 is 19.1 Å². The number of benzene rings is 1. The normalized spacial score (nSPS) is 27.6. The van der Waals surface area contributed by atoms with E-state index in [1.54, 1.807) is 18.2 Å². The number of hydrogen-bond acceptors (Lipinski definition) is 4. The lowest BCUT2D eigenvalue weighted by Crippen LogP contribution is -2.56. The van der Waals surface area contributed by atoms with Gasteiger partial charge in [0.1, 0.15) is 5.92 Å². The van der Waals surface area contributed by atoms with E-state index in [-0.39, 0.29) is 47.6 Å². The van der Waals surface area contributed by atoms with Crippen LogP contribution < -0.4 is 10.6 Å². The van der Waals surface area contributed by atoms with Crippen LogP contribution in [0.4, 0.5) is 0 Å². The second-order valence-corrected chi connectivity index (χ2v) is 7.80. The second kappa shape index (κ2) is 8.59. The fourth-order valence-corrected chi connectivity index (χ4v) is 3.66. The summed E-state index contributed by atoms with van der Waals surface area (Å²) < 4.78 is 5.08. The molecule has 2 N–H and O–H groups in total. The van der Waals surface area contributed by atoms with E-state index in [1.807, 2.05) is 32.0 Å². The molecule has 150 valence electrons. The van der Waals surface area contributed by atoms with Gasteiger partial charge in [0.25, 0.3) is 11.8 Å². The number of amides is 2. The van der Waals surface area contributed by atoms with Gasteiger partial charge in [-0.05, 0) is 36.8 Å². The predicted octanol–water partition coefficient (Wildman–Crippen LogP) is 2.45. The Morgan fingerprint density at radius 2 is 2.04 bits per heavy atom. The van der Waals surface area contributed by atoms with Crippen molar-refractivity contribution in [2.75, 3.05) is 0 Å². The van der Waals surface area contributed by atoms with Gasteiger partial charge in [0, 0.05) is 17.6 Å². The summed E-state index contributed by atoms with van der Waals surface area (Å²) in [6.45, 7) is 7.78. The fraction of sp³-hybridized carbons (Fsp3) is 0.500. The number of rotatable bonds is 9. The molecule has 0 unspecified atom stereocenters. The van der Waals surface area contributed by atoms with Crippen LogP contribution in [0.25, 0.3) is 0 Å². The van der Waals surface area contributed by atoms with Gasteiger partial charge in [-0.15, -0.1) is 6.58 Å². The molecule has 0 bridgehead atoms. The highest BCUT2D eigenvalue weighted by molar-refractivity contribution is 5.95. The van der Waals surface area contributed by atoms with Crippen LogP contribution in [0.1, 0.15) is 43.5 Å². The Balaban J connectivity index is 1.46. The SMILES string of the molecule is C=C[C@H](C[C@@H]1C[C@@H]1NC(=O)[C@@H]1OC(=O)[C@H]1[C@@H](C)CC)NC(=O)c1ccccc1. The third-order valence-electron chi connectivity index (χ3n) is 5.80. The molecule has 0 spiro atoms. The molecule has 6 heteroatoms. The smallest absolute Gasteiger partial charge is 0.314 e. The lowest BCUT2D eigenvalue weighted by molar-refractivity contribution is -0.193. The molecular weight excluding hydrogens is 356 g/mol. The van der Waals surface area contributed by atoms with Crippen LogP contribution >= 0.6 is 0 Å². The second-order valence-electron chi connectivity index (χ2n) is 7.80. The number of carbonyl (C=O) groups is 3. The van der Waals surface area contributed by atoms with Crippen molar-refractivity contribution in [3.05, 3.63) is 48.6 Å². The van der Waals surface area contributed by atoms with E-state index < -0.39 is 6.10 Å². The molecule has 2 amide bonds. The number of nitrogens with one attached hydrogen (secondary N) is 2. The molecule has 6 nitrogen and oxygen atoms in total. The molecule has 3 rings (SSSR count). The summed E-state index contributed by atoms with van der Waals surface area (Å²) in [5, 5.41) is 5.96. The number of cyclic esters (lactones) is 1. The van der Waals surface area contributed by atoms with E-state index in [0.29, 0.717) is 12.0 Å². The highest BCUT2D eigenvalue weighted by Crippen LogP contribution is 2.37. The molecule has 6 atom stereocenters. The Bertz CT molecular complexity index is 748. The molecule has 2 fully saturated rings. The maximum atomic E-state index is 12.4. The average molecular weight is 384 g/mol. The number of esters is 1. The van der Waals surface area contributed by atoms with Gasteiger partial charge in [-0.25, -0.2) is 0 Å². The zero-order valence-electron chi connectivity index (χ0n) is 16.4. The topological polar surface area (TPSA) is 84.5 Å². The fourth-order valence-electron chi connectivity index (χ4n) is 3.66. The number of hydrogen-bond donors (Lipinski definition) is 2. The van der Waals surface area contributed by atoms with E-state index in [9.17, 15) is 14.4 Å². The van der Waals surface area contributed by atoms with Crippen molar-refractivity contribution in [1.29, 1.82) is 0 Å². The van der Waals surface area contributed by atoms with E-state index >= 15 is 0 Å². The molecular formula is C22H28N2O4. The average Bonchev–Trinajstić information content (AvgIpc) is 3.42. The summed E-state index contributed by atoms with van der Waals surface area (Å²) >= 11 is 0. The van der Waals surface area contributed by atoms with Gasteiger partial charge in [0.15, 0.2) is 6.10 Å². The quantitative estimate of drug-likeness (QED) is 0.506. The minimum Gasteiger partial charge on any atom is -0.451 e. The summed E-state index contributed by atoms with van der Waals surface area (Å²) in [5.41, 5.74) is 0.609. The Morgan fingerprint density at radius 3 is 2.64 bits per heavy atom. The van der Waals surface area contributed by atoms with Gasteiger partial charge in [-0.2, -0.15) is 0 Å². The molecule has 1 aromatic rings. The Labute approximate surface area is 165 Å². The molecule has 1 heterocycles. The molecule has 1 aromatic carbocycles. The summed E-state index contributed by atoms with van der Waals surface area (Å²) in [6, 6.07) is 8.94. The minimum atomic E-state index is -0.670. The molecule has 0 radical (unpaired) electrons. The number of ether oxygens (including phenoxy) is 1. The number of carbonyl (C=O) groups excluding carboxylic acids is 3. The first kappa shape index (κ1) is 20.1. The van der Waals surface area contributed by atoms with Gasteiger partial charge >= 0.3 is 5.97 Å². The lowest BCUT2D eigenvalue weighted by atomic mass is 9.83. The maximum absolute atomic E-state index is 12.4. The lowest BCUT2D eigenvalue weighted by Gasteiger charge is -2.37. The highest BCUT2D eigenvalue weighted by Gasteiger charge is 2.51. The van der Waals surface area contributed by atoms with Crippen molar-refractivity contribution >= 4 is 17.8 Å². The van der Waals surface area contributed by atoms with E-state index in [4.69, 9.17) is 4.74 Å². The zero-order chi connectivity index (χ0) is 20.3. The first-order valence-electron chi connectivity index (χ1n) is 9.93. The standard InChI is InChI=1S/C22H28N2O4/c1-4-13(3)18-19(28-22(18)27)21(26)24-17-12-15(17)11-16(5-2)23-20(25)14-9-7-6-8-10-14/h5-10,13,15-19H,2,4,11-12H2,1,3H3,(H,23,25)(H,24,26)/t13-,15+,16+,17-,18-,19+/m0/s1. The van der Waals surface area contributed by atoms with Crippen molar-refractivity contribution in [3.8, 4) is 0 Å². The van der Waals surface area contributed by atoms with Gasteiger partial charge < -0.3 is 15.4 Å². The van der Waals surface area contributed by atoms with E-state index in [1.165, 1.54) is 0 Å². The van der Waals surface area contributed by atoms with Crippen LogP contribution in [-0.2, 0) is 14.3 Å². The third kappa shape index (κ3) is 4.43. The van der Waals surface area contributed by atoms with Crippen molar-refractivity contribution in [2.24, 2.45) is 17.8 Å². The Morgan fingerprint density at radius 1 is 1.32 bits per heavy atom. The zero-order valence-corrected chi connectivity index (χ0v) is 16.4. The molecule has 0 aromatic heterocycles. The summed E-state index contributed by atoms with van der Waals surface area (Å²) in [7, 11) is 0. The van der Waals surface area contributed by atoms with Crippen LogP contribution in [-0.4, -0.2) is 36.0 Å². The van der Waals surface area contributed by atoms with Gasteiger partial charge in [-0.1, -0.05) is 44.5 Å². The largest absolute Gasteiger partial charge is 0.451 e. The van der Waals surface area contributed by atoms with Crippen molar-refractivity contribution in [2.45, 2.75) is 51.3 Å². The van der Waals surface area contributed by atoms with E-state index in [0.717, 1.165) is 12.8 Å². The summed E-state index contributed by atoms with van der Waals surface area (Å²) in [4.78, 5) is 36.4. The first-order chi connectivity index (χ1) is 13.4. The van der Waals surface area contributed by atoms with E-state index in [2.05, 4.69) is 17.2 Å². The van der Waals surface area contributed by atoms with Crippen LogP contribution in [0.15, 0.2) is 43.0 Å². The molecule has 1 aliphatic carbocycles. The molecule has 1 saturated carbocycles. The van der Waals surface area contributed by atoms with Crippen molar-refractivity contribution in [3.63, 3.8) is 0 Å². The molecule has 1 aliphatic heterocycles. The summed E-state index contributed by atoms with van der Waals surface area (Å²) in [5.74, 6) is -0.554. The van der Waals surface area contributed by atoms with Crippen molar-refractivity contribution in [1.82, 2.24) is 10.6 Å².